The van der Waals surface area contributed by atoms with Gasteiger partial charge >= 0.3 is 0 Å². The third-order valence-electron chi connectivity index (χ3n) is 12.0. The van der Waals surface area contributed by atoms with E-state index in [-0.39, 0.29) is 5.92 Å². The number of allylic oxidation sites excluding steroid dienone is 6. The summed E-state index contributed by atoms with van der Waals surface area (Å²) in [6.07, 6.45) is 27.0. The molecule has 0 spiro atoms. The summed E-state index contributed by atoms with van der Waals surface area (Å²) in [5.74, 6) is 3.44. The van der Waals surface area contributed by atoms with Crippen LogP contribution in [-0.2, 0) is 12.8 Å². The van der Waals surface area contributed by atoms with E-state index in [2.05, 4.69) is 114 Å². The zero-order valence-electron chi connectivity index (χ0n) is 31.3. The molecule has 0 saturated carbocycles. The molecule has 272 valence electrons. The Hall–Kier alpha value is -6.40. The SMILES string of the molecule is C1=CCCC(c2cnc(-c3ccc4oc5c(c4c3)CCc3c-5n(-c4ccccc4)c4c3=CCCC=4)c(-c3nc(-c4ccccc4)nc(C4CC=CCC4)n3)c2)=C1. The van der Waals surface area contributed by atoms with Crippen LogP contribution in [-0.4, -0.2) is 24.5 Å². The number of aryl methyl sites for hydroxylation is 1. The van der Waals surface area contributed by atoms with E-state index in [9.17, 15) is 0 Å². The Morgan fingerprint density at radius 3 is 2.36 bits per heavy atom. The lowest BCUT2D eigenvalue weighted by Gasteiger charge is -2.19. The van der Waals surface area contributed by atoms with Gasteiger partial charge in [0, 0.05) is 50.8 Å². The number of pyridine rings is 1. The number of furan rings is 1. The molecule has 4 aromatic heterocycles. The van der Waals surface area contributed by atoms with Crippen molar-refractivity contribution in [2.45, 2.75) is 63.7 Å². The zero-order chi connectivity index (χ0) is 37.0. The van der Waals surface area contributed by atoms with Crippen LogP contribution in [0.5, 0.6) is 0 Å². The van der Waals surface area contributed by atoms with Gasteiger partial charge in [0.05, 0.1) is 11.4 Å². The highest BCUT2D eigenvalue weighted by Gasteiger charge is 2.30. The molecule has 0 saturated heterocycles. The van der Waals surface area contributed by atoms with Crippen molar-refractivity contribution in [2.24, 2.45) is 0 Å². The Kier molecular flexibility index (Phi) is 8.08. The fourth-order valence-electron chi connectivity index (χ4n) is 9.18. The van der Waals surface area contributed by atoms with Crippen molar-refractivity contribution in [2.75, 3.05) is 0 Å². The van der Waals surface area contributed by atoms with Crippen LogP contribution in [0.1, 0.15) is 73.4 Å². The van der Waals surface area contributed by atoms with Crippen LogP contribution in [0.15, 0.2) is 126 Å². The molecular formula is C50H41N5O. The van der Waals surface area contributed by atoms with E-state index in [0.29, 0.717) is 11.6 Å². The lowest BCUT2D eigenvalue weighted by molar-refractivity contribution is 0.581. The van der Waals surface area contributed by atoms with Gasteiger partial charge in [-0.15, -0.1) is 0 Å². The molecule has 0 amide bonds. The molecule has 0 aliphatic heterocycles. The summed E-state index contributed by atoms with van der Waals surface area (Å²) in [6, 6.07) is 29.9. The molecule has 1 unspecified atom stereocenters. The molecular weight excluding hydrogens is 687 g/mol. The largest absolute Gasteiger partial charge is 0.454 e. The molecule has 4 aliphatic carbocycles. The van der Waals surface area contributed by atoms with Crippen molar-refractivity contribution >= 4 is 28.7 Å². The second kappa shape index (κ2) is 13.7. The molecule has 4 heterocycles. The standard InChI is InChI=1S/C50H41N5O/c1-5-15-32(16-6-1)36-30-42(50-53-48(33-17-7-2-8-18-33)52-49(54-50)34-19-9-3-10-20-34)45(51-31-36)35-25-28-44-41(29-35)40-27-26-39-38-23-13-14-24-43(38)55(46(39)47(40)56-44)37-21-11-4-12-22-37/h1-5,7-9,11-12,15,17-18,21-25,28-31,34H,6,10,13-14,16,19-20,26-27H2. The summed E-state index contributed by atoms with van der Waals surface area (Å²) in [4.78, 5) is 20.9. The summed E-state index contributed by atoms with van der Waals surface area (Å²) in [5.41, 5.74) is 12.1. The minimum absolute atomic E-state index is 0.240. The number of nitrogens with zero attached hydrogens (tertiary/aromatic N) is 5. The minimum atomic E-state index is 0.240. The average molecular weight is 728 g/mol. The molecule has 0 fully saturated rings. The maximum absolute atomic E-state index is 6.89. The number of aromatic nitrogens is 5. The lowest BCUT2D eigenvalue weighted by atomic mass is 9.91. The van der Waals surface area contributed by atoms with Gasteiger partial charge in [0.15, 0.2) is 17.4 Å². The maximum atomic E-state index is 6.89. The fraction of sp³-hybridized carbons (Fsp3) is 0.200. The molecule has 56 heavy (non-hydrogen) atoms. The normalized spacial score (nSPS) is 17.1. The van der Waals surface area contributed by atoms with Crippen molar-refractivity contribution in [1.82, 2.24) is 24.5 Å². The first kappa shape index (κ1) is 33.0. The Morgan fingerprint density at radius 1 is 0.679 bits per heavy atom. The Labute approximate surface area is 326 Å². The molecule has 0 bridgehead atoms. The van der Waals surface area contributed by atoms with E-state index in [1.54, 1.807) is 0 Å². The van der Waals surface area contributed by atoms with Crippen molar-refractivity contribution in [1.29, 1.82) is 0 Å². The van der Waals surface area contributed by atoms with Crippen molar-refractivity contribution in [3.8, 4) is 51.2 Å². The molecule has 11 rings (SSSR count). The molecule has 1 atom stereocenters. The first-order valence-electron chi connectivity index (χ1n) is 20.2. The van der Waals surface area contributed by atoms with E-state index < -0.39 is 0 Å². The van der Waals surface area contributed by atoms with E-state index >= 15 is 0 Å². The average Bonchev–Trinajstić information content (AvgIpc) is 3.83. The molecule has 0 N–H and O–H groups in total. The van der Waals surface area contributed by atoms with E-state index in [1.807, 2.05) is 24.4 Å². The van der Waals surface area contributed by atoms with Gasteiger partial charge in [-0.25, -0.2) is 15.0 Å². The third-order valence-corrected chi connectivity index (χ3v) is 12.0. The highest BCUT2D eigenvalue weighted by atomic mass is 16.3. The maximum Gasteiger partial charge on any atom is 0.165 e. The number of para-hydroxylation sites is 1. The van der Waals surface area contributed by atoms with Crippen molar-refractivity contribution in [3.63, 3.8) is 0 Å². The molecule has 3 aromatic carbocycles. The molecule has 7 aromatic rings. The van der Waals surface area contributed by atoms with Gasteiger partial charge in [-0.05, 0) is 116 Å². The molecule has 0 radical (unpaired) electrons. The van der Waals surface area contributed by atoms with Crippen LogP contribution in [0.2, 0.25) is 0 Å². The van der Waals surface area contributed by atoms with Gasteiger partial charge in [0.2, 0.25) is 0 Å². The van der Waals surface area contributed by atoms with E-state index in [0.717, 1.165) is 108 Å². The highest BCUT2D eigenvalue weighted by molar-refractivity contribution is 5.94. The number of fused-ring (bicyclic) bond motifs is 7. The van der Waals surface area contributed by atoms with E-state index in [4.69, 9.17) is 24.4 Å². The monoisotopic (exact) mass is 727 g/mol. The Morgan fingerprint density at radius 2 is 1.52 bits per heavy atom. The predicted octanol–water partition coefficient (Wildman–Crippen LogP) is 10.5. The van der Waals surface area contributed by atoms with Crippen LogP contribution in [0, 0.1) is 0 Å². The topological polar surface area (TPSA) is 69.6 Å². The summed E-state index contributed by atoms with van der Waals surface area (Å²) < 4.78 is 9.32. The van der Waals surface area contributed by atoms with Gasteiger partial charge in [-0.2, -0.15) is 0 Å². The number of rotatable bonds is 6. The first-order valence-corrected chi connectivity index (χ1v) is 20.2. The van der Waals surface area contributed by atoms with E-state index in [1.165, 1.54) is 38.6 Å². The number of benzene rings is 3. The highest BCUT2D eigenvalue weighted by Crippen LogP contribution is 2.43. The van der Waals surface area contributed by atoms with Gasteiger partial charge in [0.25, 0.3) is 0 Å². The number of hydrogen-bond acceptors (Lipinski definition) is 5. The fourth-order valence-corrected chi connectivity index (χ4v) is 9.18. The van der Waals surface area contributed by atoms with Crippen LogP contribution >= 0.6 is 0 Å². The Bertz CT molecular complexity index is 2890. The zero-order valence-corrected chi connectivity index (χ0v) is 31.3. The molecule has 6 nitrogen and oxygen atoms in total. The third kappa shape index (κ3) is 5.62. The van der Waals surface area contributed by atoms with Crippen LogP contribution < -0.4 is 10.6 Å². The van der Waals surface area contributed by atoms with Gasteiger partial charge < -0.3 is 8.98 Å². The van der Waals surface area contributed by atoms with Crippen molar-refractivity contribution < 1.29 is 4.42 Å². The van der Waals surface area contributed by atoms with Crippen molar-refractivity contribution in [3.05, 3.63) is 155 Å². The second-order valence-electron chi connectivity index (χ2n) is 15.4. The van der Waals surface area contributed by atoms with Gasteiger partial charge in [0.1, 0.15) is 11.4 Å². The summed E-state index contributed by atoms with van der Waals surface area (Å²) in [5, 5.41) is 3.80. The van der Waals surface area contributed by atoms with Gasteiger partial charge in [-0.3, -0.25) is 4.98 Å². The molecule has 4 aliphatic rings. The first-order chi connectivity index (χ1) is 27.8. The smallest absolute Gasteiger partial charge is 0.165 e. The summed E-state index contributed by atoms with van der Waals surface area (Å²) >= 11 is 0. The van der Waals surface area contributed by atoms with Crippen LogP contribution in [0.25, 0.3) is 79.9 Å². The van der Waals surface area contributed by atoms with Crippen LogP contribution in [0.4, 0.5) is 0 Å². The second-order valence-corrected chi connectivity index (χ2v) is 15.4. The number of hydrogen-bond donors (Lipinski definition) is 0. The predicted molar refractivity (Wildman–Crippen MR) is 225 cm³/mol. The summed E-state index contributed by atoms with van der Waals surface area (Å²) in [7, 11) is 0. The van der Waals surface area contributed by atoms with Gasteiger partial charge in [-0.1, -0.05) is 91.1 Å². The van der Waals surface area contributed by atoms with Crippen LogP contribution in [0.3, 0.4) is 0 Å². The lowest BCUT2D eigenvalue weighted by Crippen LogP contribution is -2.31. The minimum Gasteiger partial charge on any atom is -0.454 e. The quantitative estimate of drug-likeness (QED) is 0.160. The Balaban J connectivity index is 1.10. The molecule has 6 heteroatoms. The summed E-state index contributed by atoms with van der Waals surface area (Å²) in [6.45, 7) is 0.